The van der Waals surface area contributed by atoms with Crippen molar-refractivity contribution in [2.24, 2.45) is 0 Å². The molecule has 0 aliphatic rings. The van der Waals surface area contributed by atoms with Gasteiger partial charge in [-0.25, -0.2) is 4.98 Å². The van der Waals surface area contributed by atoms with E-state index in [0.717, 1.165) is 21.1 Å². The van der Waals surface area contributed by atoms with Gasteiger partial charge in [-0.3, -0.25) is 0 Å². The molecule has 0 unspecified atom stereocenters. The Morgan fingerprint density at radius 3 is 2.05 bits per heavy atom. The van der Waals surface area contributed by atoms with E-state index in [0.29, 0.717) is 0 Å². The molecule has 0 aliphatic carbocycles. The topological polar surface area (TPSA) is 16.1 Å². The van der Waals surface area contributed by atoms with E-state index >= 15 is 0 Å². The highest BCUT2D eigenvalue weighted by Crippen LogP contribution is 2.30. The molecule has 0 bridgehead atoms. The van der Waals surface area contributed by atoms with Gasteiger partial charge in [0.15, 0.2) is 0 Å². The maximum absolute atomic E-state index is 4.56. The fraction of sp³-hybridized carbons (Fsp3) is 0.235. The van der Waals surface area contributed by atoms with Crippen molar-refractivity contribution < 1.29 is 0 Å². The van der Waals surface area contributed by atoms with Crippen molar-refractivity contribution in [2.75, 3.05) is 19.0 Å². The second kappa shape index (κ2) is 7.65. The van der Waals surface area contributed by atoms with Crippen LogP contribution in [0.15, 0.2) is 37.4 Å². The molecular weight excluding hydrogens is 264 g/mol. The van der Waals surface area contributed by atoms with Crippen LogP contribution >= 0.6 is 11.3 Å². The van der Waals surface area contributed by atoms with E-state index in [2.05, 4.69) is 47.3 Å². The highest BCUT2D eigenvalue weighted by Gasteiger charge is 2.08. The molecule has 0 fully saturated rings. The summed E-state index contributed by atoms with van der Waals surface area (Å²) in [5.41, 5.74) is 3.21. The van der Waals surface area contributed by atoms with Crippen molar-refractivity contribution in [1.29, 1.82) is 0 Å². The van der Waals surface area contributed by atoms with Gasteiger partial charge in [-0.1, -0.05) is 27.0 Å². The molecule has 0 atom stereocenters. The summed E-state index contributed by atoms with van der Waals surface area (Å²) < 4.78 is 0. The van der Waals surface area contributed by atoms with Gasteiger partial charge >= 0.3 is 0 Å². The third-order valence-corrected chi connectivity index (χ3v) is 3.81. The number of nitrogens with zero attached hydrogens (tertiary/aromatic N) is 2. The normalized spacial score (nSPS) is 9.40. The SMILES string of the molecule is C=Cc1nc(-c2ccc(N(C)C)cc2)sc1C=C.CC. The highest BCUT2D eigenvalue weighted by atomic mass is 32.1. The van der Waals surface area contributed by atoms with E-state index in [1.54, 1.807) is 17.4 Å². The van der Waals surface area contributed by atoms with Crippen molar-refractivity contribution >= 4 is 29.2 Å². The summed E-state index contributed by atoms with van der Waals surface area (Å²) in [5, 5.41) is 1.00. The van der Waals surface area contributed by atoms with Crippen molar-refractivity contribution in [1.82, 2.24) is 4.98 Å². The number of hydrogen-bond acceptors (Lipinski definition) is 3. The first kappa shape index (κ1) is 16.2. The highest BCUT2D eigenvalue weighted by molar-refractivity contribution is 7.16. The van der Waals surface area contributed by atoms with Gasteiger partial charge in [0.2, 0.25) is 0 Å². The van der Waals surface area contributed by atoms with Crippen molar-refractivity contribution in [3.63, 3.8) is 0 Å². The lowest BCUT2D eigenvalue weighted by molar-refractivity contribution is 1.13. The molecule has 2 rings (SSSR count). The molecule has 0 saturated heterocycles. The zero-order chi connectivity index (χ0) is 15.1. The molecule has 1 aromatic heterocycles. The third kappa shape index (κ3) is 3.58. The number of hydrogen-bond donors (Lipinski definition) is 0. The summed E-state index contributed by atoms with van der Waals surface area (Å²) in [7, 11) is 4.06. The number of thiazole rings is 1. The fourth-order valence-corrected chi connectivity index (χ4v) is 2.58. The van der Waals surface area contributed by atoms with Gasteiger partial charge < -0.3 is 4.90 Å². The quantitative estimate of drug-likeness (QED) is 0.769. The standard InChI is InChI=1S/C15H16N2S.C2H6/c1-5-13-14(6-2)18-15(16-13)11-7-9-12(10-8-11)17(3)4;1-2/h5-10H,1-2H2,3-4H3;1-2H3. The second-order valence-electron chi connectivity index (χ2n) is 4.12. The predicted molar refractivity (Wildman–Crippen MR) is 93.4 cm³/mol. The minimum Gasteiger partial charge on any atom is -0.378 e. The van der Waals surface area contributed by atoms with Crippen LogP contribution in [-0.4, -0.2) is 19.1 Å². The maximum Gasteiger partial charge on any atom is 0.124 e. The molecule has 0 amide bonds. The average molecular weight is 286 g/mol. The van der Waals surface area contributed by atoms with Gasteiger partial charge in [-0.15, -0.1) is 11.3 Å². The van der Waals surface area contributed by atoms with Gasteiger partial charge in [-0.05, 0) is 36.4 Å². The van der Waals surface area contributed by atoms with Gasteiger partial charge in [0.25, 0.3) is 0 Å². The van der Waals surface area contributed by atoms with E-state index in [4.69, 9.17) is 0 Å². The Morgan fingerprint density at radius 2 is 1.65 bits per heavy atom. The van der Waals surface area contributed by atoms with Gasteiger partial charge in [-0.2, -0.15) is 0 Å². The molecule has 0 N–H and O–H groups in total. The number of aromatic nitrogens is 1. The summed E-state index contributed by atoms with van der Waals surface area (Å²) >= 11 is 1.64. The van der Waals surface area contributed by atoms with Crippen LogP contribution < -0.4 is 4.90 Å². The Kier molecular flexibility index (Phi) is 6.19. The largest absolute Gasteiger partial charge is 0.378 e. The summed E-state index contributed by atoms with van der Waals surface area (Å²) in [4.78, 5) is 7.71. The molecule has 2 nitrogen and oxygen atoms in total. The van der Waals surface area contributed by atoms with Crippen LogP contribution in [0.25, 0.3) is 22.7 Å². The van der Waals surface area contributed by atoms with Crippen LogP contribution in [0.1, 0.15) is 24.4 Å². The first-order valence-electron chi connectivity index (χ1n) is 6.69. The van der Waals surface area contributed by atoms with Gasteiger partial charge in [0.1, 0.15) is 5.01 Å². The predicted octanol–water partition coefficient (Wildman–Crippen LogP) is 5.19. The zero-order valence-corrected chi connectivity index (χ0v) is 13.5. The number of anilines is 1. The maximum atomic E-state index is 4.56. The Hall–Kier alpha value is -1.87. The molecule has 0 spiro atoms. The van der Waals surface area contributed by atoms with E-state index in [1.807, 2.05) is 34.0 Å². The first-order chi connectivity index (χ1) is 9.65. The number of rotatable bonds is 4. The lowest BCUT2D eigenvalue weighted by atomic mass is 10.2. The number of benzene rings is 1. The van der Waals surface area contributed by atoms with Crippen molar-refractivity contribution in [3.8, 4) is 10.6 Å². The Balaban J connectivity index is 0.000000956. The second-order valence-corrected chi connectivity index (χ2v) is 5.15. The Labute approximate surface area is 126 Å². The van der Waals surface area contributed by atoms with Crippen molar-refractivity contribution in [2.45, 2.75) is 13.8 Å². The third-order valence-electron chi connectivity index (χ3n) is 2.69. The van der Waals surface area contributed by atoms with E-state index in [1.165, 1.54) is 5.69 Å². The molecule has 0 radical (unpaired) electrons. The summed E-state index contributed by atoms with van der Waals surface area (Å²) in [6.07, 6.45) is 3.59. The molecule has 106 valence electrons. The molecule has 0 aliphatic heterocycles. The summed E-state index contributed by atoms with van der Waals surface area (Å²) in [6.45, 7) is 11.6. The summed E-state index contributed by atoms with van der Waals surface area (Å²) in [5.74, 6) is 0. The summed E-state index contributed by atoms with van der Waals surface area (Å²) in [6, 6.07) is 8.37. The minimum absolute atomic E-state index is 0.904. The molecule has 1 heterocycles. The van der Waals surface area contributed by atoms with E-state index < -0.39 is 0 Å². The molecule has 0 saturated carbocycles. The lowest BCUT2D eigenvalue weighted by Crippen LogP contribution is -2.07. The molecule has 20 heavy (non-hydrogen) atoms. The molecule has 2 aromatic rings. The van der Waals surface area contributed by atoms with Gasteiger partial charge in [0.05, 0.1) is 10.6 Å². The average Bonchev–Trinajstić information content (AvgIpc) is 2.92. The van der Waals surface area contributed by atoms with Crippen LogP contribution in [0.5, 0.6) is 0 Å². The van der Waals surface area contributed by atoms with E-state index in [-0.39, 0.29) is 0 Å². The van der Waals surface area contributed by atoms with Crippen LogP contribution in [0, 0.1) is 0 Å². The van der Waals surface area contributed by atoms with Crippen LogP contribution in [0.3, 0.4) is 0 Å². The minimum atomic E-state index is 0.904. The fourth-order valence-electron chi connectivity index (χ4n) is 1.66. The lowest BCUT2D eigenvalue weighted by Gasteiger charge is -2.11. The Morgan fingerprint density at radius 1 is 1.05 bits per heavy atom. The van der Waals surface area contributed by atoms with Gasteiger partial charge in [0, 0.05) is 25.3 Å². The van der Waals surface area contributed by atoms with Crippen LogP contribution in [0.2, 0.25) is 0 Å². The molecule has 1 aromatic carbocycles. The van der Waals surface area contributed by atoms with Crippen LogP contribution in [-0.2, 0) is 0 Å². The zero-order valence-electron chi connectivity index (χ0n) is 12.7. The monoisotopic (exact) mass is 286 g/mol. The smallest absolute Gasteiger partial charge is 0.124 e. The molecule has 3 heteroatoms. The van der Waals surface area contributed by atoms with E-state index in [9.17, 15) is 0 Å². The van der Waals surface area contributed by atoms with Crippen LogP contribution in [0.4, 0.5) is 5.69 Å². The first-order valence-corrected chi connectivity index (χ1v) is 7.51. The Bertz CT molecular complexity index is 540. The van der Waals surface area contributed by atoms with Crippen molar-refractivity contribution in [3.05, 3.63) is 48.0 Å². The molecular formula is C17H22N2S.